The van der Waals surface area contributed by atoms with Crippen LogP contribution in [0, 0.1) is 6.92 Å². The Balaban J connectivity index is 1.73. The molecule has 0 aromatic heterocycles. The molecule has 2 N–H and O–H groups in total. The van der Waals surface area contributed by atoms with Gasteiger partial charge in [-0.1, -0.05) is 66.2 Å². The fraction of sp³-hybridized carbons (Fsp3) is 0.286. The third-order valence-electron chi connectivity index (χ3n) is 6.43. The quantitative estimate of drug-likeness (QED) is 0.504. The van der Waals surface area contributed by atoms with Crippen LogP contribution in [0.15, 0.2) is 72.8 Å². The summed E-state index contributed by atoms with van der Waals surface area (Å²) in [5.74, 6) is -0.662. The lowest BCUT2D eigenvalue weighted by Crippen LogP contribution is -2.49. The molecule has 0 radical (unpaired) electrons. The Bertz CT molecular complexity index is 1170. The average Bonchev–Trinajstić information content (AvgIpc) is 2.84. The molecule has 0 unspecified atom stereocenters. The van der Waals surface area contributed by atoms with Crippen molar-refractivity contribution in [3.8, 4) is 0 Å². The molecule has 4 rings (SSSR count). The predicted molar refractivity (Wildman–Crippen MR) is 136 cm³/mol. The maximum Gasteiger partial charge on any atom is 0.254 e. The summed E-state index contributed by atoms with van der Waals surface area (Å²) >= 11 is 6.24. The number of hydrogen-bond donors (Lipinski definition) is 2. The second-order valence-corrected chi connectivity index (χ2v) is 9.08. The van der Waals surface area contributed by atoms with Gasteiger partial charge in [-0.05, 0) is 60.8 Å². The molecule has 1 heterocycles. The van der Waals surface area contributed by atoms with Crippen LogP contribution in [0.25, 0.3) is 0 Å². The zero-order valence-corrected chi connectivity index (χ0v) is 20.3. The first-order chi connectivity index (χ1) is 16.5. The van der Waals surface area contributed by atoms with Crippen LogP contribution in [0.2, 0.25) is 5.02 Å². The first kappa shape index (κ1) is 24.0. The van der Waals surface area contributed by atoms with Crippen molar-refractivity contribution in [3.63, 3.8) is 0 Å². The van der Waals surface area contributed by atoms with Gasteiger partial charge in [0.2, 0.25) is 5.91 Å². The summed E-state index contributed by atoms with van der Waals surface area (Å²) in [6.07, 6.45) is 0.744. The van der Waals surface area contributed by atoms with Gasteiger partial charge >= 0.3 is 0 Å². The predicted octanol–water partition coefficient (Wildman–Crippen LogP) is 4.51. The van der Waals surface area contributed by atoms with E-state index >= 15 is 0 Å². The number of benzene rings is 3. The van der Waals surface area contributed by atoms with Crippen molar-refractivity contribution in [2.75, 3.05) is 26.7 Å². The van der Waals surface area contributed by atoms with Crippen molar-refractivity contribution in [1.29, 1.82) is 0 Å². The Kier molecular flexibility index (Phi) is 7.66. The van der Waals surface area contributed by atoms with Gasteiger partial charge in [0.1, 0.15) is 0 Å². The van der Waals surface area contributed by atoms with Crippen molar-refractivity contribution in [2.45, 2.75) is 25.3 Å². The lowest BCUT2D eigenvalue weighted by molar-refractivity contribution is -0.124. The van der Waals surface area contributed by atoms with Gasteiger partial charge in [-0.2, -0.15) is 0 Å². The highest BCUT2D eigenvalue weighted by Crippen LogP contribution is 2.44. The van der Waals surface area contributed by atoms with Crippen LogP contribution in [0.5, 0.6) is 0 Å². The Hall–Kier alpha value is -3.15. The molecule has 0 saturated heterocycles. The lowest BCUT2D eigenvalue weighted by atomic mass is 9.78. The summed E-state index contributed by atoms with van der Waals surface area (Å²) in [4.78, 5) is 29.2. The van der Waals surface area contributed by atoms with E-state index in [0.717, 1.165) is 23.1 Å². The number of carbonyl (C=O) groups is 2. The zero-order valence-electron chi connectivity index (χ0n) is 19.6. The Morgan fingerprint density at radius 3 is 2.44 bits per heavy atom. The molecular formula is C28H30ClN3O2. The van der Waals surface area contributed by atoms with Gasteiger partial charge in [-0.25, -0.2) is 0 Å². The van der Waals surface area contributed by atoms with Crippen molar-refractivity contribution >= 4 is 23.4 Å². The molecule has 5 nitrogen and oxygen atoms in total. The average molecular weight is 476 g/mol. The van der Waals surface area contributed by atoms with E-state index in [4.69, 9.17) is 11.6 Å². The molecule has 0 spiro atoms. The normalized spacial score (nSPS) is 17.4. The first-order valence-electron chi connectivity index (χ1n) is 11.6. The topological polar surface area (TPSA) is 61.4 Å². The third-order valence-corrected chi connectivity index (χ3v) is 6.67. The van der Waals surface area contributed by atoms with Crippen LogP contribution in [0.4, 0.5) is 0 Å². The first-order valence-corrected chi connectivity index (χ1v) is 12.0. The second-order valence-electron chi connectivity index (χ2n) is 8.64. The Labute approximate surface area is 206 Å². The fourth-order valence-corrected chi connectivity index (χ4v) is 4.98. The van der Waals surface area contributed by atoms with Gasteiger partial charge in [0.25, 0.3) is 5.91 Å². The van der Waals surface area contributed by atoms with Crippen LogP contribution in [-0.2, 0) is 11.2 Å². The number of aryl methyl sites for hydroxylation is 1. The number of carbonyl (C=O) groups excluding carboxylic acids is 2. The van der Waals surface area contributed by atoms with E-state index in [2.05, 4.69) is 22.8 Å². The van der Waals surface area contributed by atoms with Crippen LogP contribution >= 0.6 is 11.6 Å². The molecule has 3 aromatic carbocycles. The molecule has 6 heteroatoms. The van der Waals surface area contributed by atoms with E-state index in [1.165, 1.54) is 5.56 Å². The van der Waals surface area contributed by atoms with Crippen molar-refractivity contribution in [2.24, 2.45) is 0 Å². The van der Waals surface area contributed by atoms with E-state index in [9.17, 15) is 9.59 Å². The summed E-state index contributed by atoms with van der Waals surface area (Å²) < 4.78 is 0. The van der Waals surface area contributed by atoms with E-state index in [1.54, 1.807) is 0 Å². The molecule has 2 amide bonds. The van der Waals surface area contributed by atoms with Gasteiger partial charge in [0.15, 0.2) is 0 Å². The number of amides is 2. The molecular weight excluding hydrogens is 446 g/mol. The summed E-state index contributed by atoms with van der Waals surface area (Å²) in [5, 5.41) is 6.92. The molecule has 1 aliphatic heterocycles. The number of nitrogens with zero attached hydrogens (tertiary/aromatic N) is 1. The van der Waals surface area contributed by atoms with Crippen LogP contribution in [0.1, 0.15) is 44.6 Å². The smallest absolute Gasteiger partial charge is 0.254 e. The number of likely N-dealkylation sites (N-methyl/N-ethyl adjacent to an activating group) is 1. The molecule has 2 atom stereocenters. The molecule has 0 aliphatic carbocycles. The largest absolute Gasteiger partial charge is 0.355 e. The maximum atomic E-state index is 13.7. The molecule has 0 saturated carbocycles. The van der Waals surface area contributed by atoms with Crippen LogP contribution < -0.4 is 10.6 Å². The highest BCUT2D eigenvalue weighted by Gasteiger charge is 2.44. The van der Waals surface area contributed by atoms with Crippen molar-refractivity contribution in [3.05, 3.63) is 106 Å². The number of fused-ring (bicyclic) bond motifs is 1. The highest BCUT2D eigenvalue weighted by atomic mass is 35.5. The monoisotopic (exact) mass is 475 g/mol. The number of hydrogen-bond acceptors (Lipinski definition) is 3. The standard InChI is InChI=1S/C28H30ClN3O2/c1-19-18-21(29)12-13-22(19)26-25(27(33)31-15-14-20-8-4-3-5-9-20)23-10-6-7-11-24(23)28(34)32(26)17-16-30-2/h3-13,18,25-26,30H,14-17H2,1-2H3,(H,31,33)/t25-,26+/m1/s1. The lowest BCUT2D eigenvalue weighted by Gasteiger charge is -2.42. The van der Waals surface area contributed by atoms with Crippen LogP contribution in [0.3, 0.4) is 0 Å². The Morgan fingerprint density at radius 1 is 0.971 bits per heavy atom. The molecule has 34 heavy (non-hydrogen) atoms. The number of halogens is 1. The van der Waals surface area contributed by atoms with Crippen molar-refractivity contribution < 1.29 is 9.59 Å². The molecule has 176 valence electrons. The van der Waals surface area contributed by atoms with Gasteiger partial charge in [0, 0.05) is 30.2 Å². The number of nitrogens with one attached hydrogen (secondary N) is 2. The van der Waals surface area contributed by atoms with E-state index < -0.39 is 12.0 Å². The van der Waals surface area contributed by atoms with Gasteiger partial charge in [0.05, 0.1) is 12.0 Å². The van der Waals surface area contributed by atoms with Crippen molar-refractivity contribution in [1.82, 2.24) is 15.5 Å². The molecule has 0 bridgehead atoms. The van der Waals surface area contributed by atoms with Crippen LogP contribution in [-0.4, -0.2) is 43.4 Å². The minimum atomic E-state index is -0.526. The highest BCUT2D eigenvalue weighted by molar-refractivity contribution is 6.30. The van der Waals surface area contributed by atoms with E-state index in [1.807, 2.05) is 79.5 Å². The van der Waals surface area contributed by atoms with Gasteiger partial charge in [-0.15, -0.1) is 0 Å². The summed E-state index contributed by atoms with van der Waals surface area (Å²) in [7, 11) is 1.86. The Morgan fingerprint density at radius 2 is 1.71 bits per heavy atom. The molecule has 0 fully saturated rings. The van der Waals surface area contributed by atoms with E-state index in [-0.39, 0.29) is 11.8 Å². The fourth-order valence-electron chi connectivity index (χ4n) is 4.75. The minimum absolute atomic E-state index is 0.0569. The summed E-state index contributed by atoms with van der Waals surface area (Å²) in [6, 6.07) is 22.8. The number of rotatable bonds is 8. The zero-order chi connectivity index (χ0) is 24.1. The maximum absolute atomic E-state index is 13.7. The SMILES string of the molecule is CNCCN1C(=O)c2ccccc2[C@@H](C(=O)NCCc2ccccc2)[C@@H]1c1ccc(Cl)cc1C. The van der Waals surface area contributed by atoms with Gasteiger partial charge in [-0.3, -0.25) is 9.59 Å². The second kappa shape index (κ2) is 10.9. The summed E-state index contributed by atoms with van der Waals surface area (Å²) in [6.45, 7) is 3.62. The van der Waals surface area contributed by atoms with E-state index in [0.29, 0.717) is 30.2 Å². The third kappa shape index (κ3) is 5.01. The molecule has 3 aromatic rings. The van der Waals surface area contributed by atoms with Gasteiger partial charge < -0.3 is 15.5 Å². The minimum Gasteiger partial charge on any atom is -0.355 e. The summed E-state index contributed by atoms with van der Waals surface area (Å²) in [5.41, 5.74) is 4.42. The molecule has 1 aliphatic rings.